The summed E-state index contributed by atoms with van der Waals surface area (Å²) in [6.45, 7) is 15.4. The Kier molecular flexibility index (Phi) is 25.8. The molecule has 0 rings (SSSR count). The van der Waals surface area contributed by atoms with Crippen molar-refractivity contribution < 1.29 is 9.59 Å². The lowest BCUT2D eigenvalue weighted by Crippen LogP contribution is -2.27. The van der Waals surface area contributed by atoms with Crippen LogP contribution in [-0.2, 0) is 9.59 Å². The van der Waals surface area contributed by atoms with Gasteiger partial charge >= 0.3 is 0 Å². The molecule has 172 valence electrons. The molecule has 0 aliphatic rings. The number of rotatable bonds is 8. The normalized spacial score (nSPS) is 10.9. The molecule has 28 heavy (non-hydrogen) atoms. The third kappa shape index (κ3) is 32.8. The summed E-state index contributed by atoms with van der Waals surface area (Å²) < 4.78 is 0. The maximum Gasteiger partial charge on any atom is 0.222 e. The molecule has 0 aromatic rings. The molecule has 1 atom stereocenters. The number of carbonyl (C=O) groups excluding carboxylic acids is 2. The van der Waals surface area contributed by atoms with E-state index in [1.165, 1.54) is 12.2 Å². The first-order valence-corrected chi connectivity index (χ1v) is 12.0. The standard InChI is InChI=1S/C8H17NO.C7H15NO.C7H16S.CH4/c1-7(2)5-6-8(10)9(3)4;1-6(2)5-8(4)7(3)9;1-7(2)5-6-8(3)4;/h7H,5-6H2,1-4H3;6H,5H2,1-4H3;7H,3,5-6H2,1-2,4H3;1H4. The summed E-state index contributed by atoms with van der Waals surface area (Å²) in [7, 11) is 5.82. The molecule has 0 heterocycles. The van der Waals surface area contributed by atoms with Crippen LogP contribution in [0.4, 0.5) is 0 Å². The average molecular weight is 421 g/mol. The second kappa shape index (κ2) is 20.9. The number of amides is 2. The maximum absolute atomic E-state index is 11.0. The highest BCUT2D eigenvalue weighted by Gasteiger charge is 2.04. The van der Waals surface area contributed by atoms with Gasteiger partial charge in [-0.15, -0.1) is 0 Å². The Morgan fingerprint density at radius 2 is 1.32 bits per heavy atom. The van der Waals surface area contributed by atoms with Gasteiger partial charge in [0.1, 0.15) is 0 Å². The second-order valence-electron chi connectivity index (χ2n) is 8.68. The van der Waals surface area contributed by atoms with Gasteiger partial charge in [0.05, 0.1) is 0 Å². The number of hydrogen-bond donors (Lipinski definition) is 0. The van der Waals surface area contributed by atoms with Crippen LogP contribution in [0, 0.1) is 17.8 Å². The Balaban J connectivity index is -0.000000153. The zero-order chi connectivity index (χ0) is 22.2. The molecule has 5 heteroatoms. The highest BCUT2D eigenvalue weighted by molar-refractivity contribution is 8.13. The molecular formula is C23H52N2O2S. The van der Waals surface area contributed by atoms with Crippen molar-refractivity contribution in [1.29, 1.82) is 0 Å². The van der Waals surface area contributed by atoms with Crippen molar-refractivity contribution in [2.75, 3.05) is 39.7 Å². The average Bonchev–Trinajstić information content (AvgIpc) is 2.50. The van der Waals surface area contributed by atoms with Gasteiger partial charge in [-0.3, -0.25) is 9.59 Å². The van der Waals surface area contributed by atoms with Gasteiger partial charge in [-0.2, -0.15) is 10.5 Å². The Morgan fingerprint density at radius 1 is 0.893 bits per heavy atom. The monoisotopic (exact) mass is 420 g/mol. The fourth-order valence-electron chi connectivity index (χ4n) is 1.75. The highest BCUT2D eigenvalue weighted by atomic mass is 32.2. The number of nitrogens with zero attached hydrogens (tertiary/aromatic N) is 2. The lowest BCUT2D eigenvalue weighted by atomic mass is 10.1. The minimum absolute atomic E-state index is 0. The van der Waals surface area contributed by atoms with Crippen LogP contribution in [0.5, 0.6) is 0 Å². The molecular weight excluding hydrogens is 368 g/mol. The lowest BCUT2D eigenvalue weighted by molar-refractivity contribution is -0.129. The van der Waals surface area contributed by atoms with E-state index >= 15 is 0 Å². The molecule has 0 bridgehead atoms. The Labute approximate surface area is 180 Å². The van der Waals surface area contributed by atoms with E-state index in [9.17, 15) is 9.59 Å². The first-order chi connectivity index (χ1) is 12.2. The van der Waals surface area contributed by atoms with Gasteiger partial charge in [0.25, 0.3) is 0 Å². The van der Waals surface area contributed by atoms with Gasteiger partial charge in [-0.1, -0.05) is 54.8 Å². The van der Waals surface area contributed by atoms with Crippen LogP contribution < -0.4 is 0 Å². The van der Waals surface area contributed by atoms with Gasteiger partial charge in [0.15, 0.2) is 0 Å². The van der Waals surface area contributed by atoms with E-state index in [4.69, 9.17) is 0 Å². The second-order valence-corrected chi connectivity index (χ2v) is 10.7. The molecule has 2 amide bonds. The van der Waals surface area contributed by atoms with Crippen LogP contribution >= 0.6 is 10.5 Å². The van der Waals surface area contributed by atoms with Gasteiger partial charge in [0, 0.05) is 41.0 Å². The first-order valence-electron chi connectivity index (χ1n) is 10.0. The zero-order valence-electron chi connectivity index (χ0n) is 20.1. The molecule has 0 aromatic heterocycles. The van der Waals surface area contributed by atoms with Crippen molar-refractivity contribution in [3.05, 3.63) is 0 Å². The van der Waals surface area contributed by atoms with Gasteiger partial charge in [-0.05, 0) is 42.6 Å². The minimum atomic E-state index is 0. The molecule has 0 fully saturated rings. The summed E-state index contributed by atoms with van der Waals surface area (Å²) in [5, 5.41) is 0. The van der Waals surface area contributed by atoms with Crippen molar-refractivity contribution in [2.24, 2.45) is 17.8 Å². The van der Waals surface area contributed by atoms with Gasteiger partial charge in [-0.25, -0.2) is 0 Å². The SMILES string of the molecule is C.C=S(C)CCC(C)C.CC(=O)N(C)CC(C)C.CC(C)CCC(=O)N(C)C. The molecule has 0 radical (unpaired) electrons. The number of carbonyl (C=O) groups is 2. The minimum Gasteiger partial charge on any atom is -0.349 e. The molecule has 0 N–H and O–H groups in total. The van der Waals surface area contributed by atoms with Crippen LogP contribution in [0.1, 0.15) is 75.2 Å². The van der Waals surface area contributed by atoms with E-state index < -0.39 is 0 Å². The van der Waals surface area contributed by atoms with Gasteiger partial charge in [0.2, 0.25) is 11.8 Å². The zero-order valence-corrected chi connectivity index (χ0v) is 20.9. The number of hydrogen-bond acceptors (Lipinski definition) is 2. The van der Waals surface area contributed by atoms with Crippen LogP contribution in [0.15, 0.2) is 0 Å². The van der Waals surface area contributed by atoms with E-state index in [1.54, 1.807) is 30.8 Å². The highest BCUT2D eigenvalue weighted by Crippen LogP contribution is 2.09. The van der Waals surface area contributed by atoms with Crippen molar-refractivity contribution in [3.63, 3.8) is 0 Å². The fourth-order valence-corrected chi connectivity index (χ4v) is 2.62. The quantitative estimate of drug-likeness (QED) is 0.477. The summed E-state index contributed by atoms with van der Waals surface area (Å²) in [5.41, 5.74) is 0. The summed E-state index contributed by atoms with van der Waals surface area (Å²) in [6.07, 6.45) is 5.22. The molecule has 0 saturated carbocycles. The summed E-state index contributed by atoms with van der Waals surface area (Å²) in [5.74, 6) is 7.66. The molecule has 0 aliphatic heterocycles. The third-order valence-electron chi connectivity index (χ3n) is 3.65. The summed E-state index contributed by atoms with van der Waals surface area (Å²) in [6, 6.07) is 0. The summed E-state index contributed by atoms with van der Waals surface area (Å²) >= 11 is 0. The van der Waals surface area contributed by atoms with Crippen molar-refractivity contribution in [2.45, 2.75) is 75.2 Å². The maximum atomic E-state index is 11.0. The van der Waals surface area contributed by atoms with E-state index in [0.29, 0.717) is 28.7 Å². The molecule has 0 aromatic carbocycles. The molecule has 0 saturated heterocycles. The smallest absolute Gasteiger partial charge is 0.222 e. The predicted molar refractivity (Wildman–Crippen MR) is 133 cm³/mol. The van der Waals surface area contributed by atoms with E-state index in [2.05, 4.69) is 53.7 Å². The predicted octanol–water partition coefficient (Wildman–Crippen LogP) is 5.63. The summed E-state index contributed by atoms with van der Waals surface area (Å²) in [4.78, 5) is 24.9. The van der Waals surface area contributed by atoms with E-state index in [0.717, 1.165) is 18.9 Å². The van der Waals surface area contributed by atoms with E-state index in [-0.39, 0.29) is 19.2 Å². The lowest BCUT2D eigenvalue weighted by Gasteiger charge is -2.16. The van der Waals surface area contributed by atoms with Gasteiger partial charge < -0.3 is 9.80 Å². The van der Waals surface area contributed by atoms with Crippen molar-refractivity contribution >= 4 is 28.2 Å². The third-order valence-corrected chi connectivity index (χ3v) is 4.59. The van der Waals surface area contributed by atoms with Crippen molar-refractivity contribution in [3.8, 4) is 0 Å². The van der Waals surface area contributed by atoms with Crippen LogP contribution in [0.3, 0.4) is 0 Å². The topological polar surface area (TPSA) is 40.6 Å². The molecule has 1 unspecified atom stereocenters. The molecule has 0 spiro atoms. The largest absolute Gasteiger partial charge is 0.349 e. The van der Waals surface area contributed by atoms with Crippen LogP contribution in [0.25, 0.3) is 0 Å². The van der Waals surface area contributed by atoms with Crippen LogP contribution in [-0.4, -0.2) is 67.2 Å². The van der Waals surface area contributed by atoms with E-state index in [1.807, 2.05) is 7.05 Å². The molecule has 0 aliphatic carbocycles. The Morgan fingerprint density at radius 3 is 1.50 bits per heavy atom. The molecule has 4 nitrogen and oxygen atoms in total. The Bertz CT molecular complexity index is 405. The first kappa shape index (κ1) is 34.7. The van der Waals surface area contributed by atoms with Crippen LogP contribution in [0.2, 0.25) is 0 Å². The fraction of sp³-hybridized carbons (Fsp3) is 0.870. The van der Waals surface area contributed by atoms with Crippen molar-refractivity contribution in [1.82, 2.24) is 9.80 Å². The Hall–Kier alpha value is -0.840.